The number of aliphatic hydroxyl groups is 1. The number of rotatable bonds is 3. The molecule has 1 aromatic rings. The van der Waals surface area contributed by atoms with E-state index in [2.05, 4.69) is 6.58 Å². The van der Waals surface area contributed by atoms with Crippen LogP contribution in [-0.4, -0.2) is 5.11 Å². The van der Waals surface area contributed by atoms with Crippen LogP contribution in [0.3, 0.4) is 0 Å². The van der Waals surface area contributed by atoms with Crippen molar-refractivity contribution in [3.8, 4) is 0 Å². The summed E-state index contributed by atoms with van der Waals surface area (Å²) < 4.78 is 12.7. The molecule has 1 rings (SSSR count). The van der Waals surface area contributed by atoms with Gasteiger partial charge in [-0.15, -0.1) is 6.58 Å². The molecule has 0 aliphatic heterocycles. The van der Waals surface area contributed by atoms with Gasteiger partial charge in [-0.25, -0.2) is 4.39 Å². The second kappa shape index (κ2) is 4.19. The minimum absolute atomic E-state index is 0.271. The molecule has 13 heavy (non-hydrogen) atoms. The van der Waals surface area contributed by atoms with Crippen LogP contribution in [0.25, 0.3) is 0 Å². The van der Waals surface area contributed by atoms with Crippen LogP contribution < -0.4 is 0 Å². The quantitative estimate of drug-likeness (QED) is 0.709. The molecule has 0 aromatic heterocycles. The number of halogens is 1. The van der Waals surface area contributed by atoms with E-state index in [4.69, 9.17) is 0 Å². The highest BCUT2D eigenvalue weighted by Crippen LogP contribution is 2.21. The zero-order chi connectivity index (χ0) is 9.84. The van der Waals surface area contributed by atoms with Crippen LogP contribution in [0.5, 0.6) is 0 Å². The van der Waals surface area contributed by atoms with Crippen molar-refractivity contribution in [2.45, 2.75) is 19.4 Å². The van der Waals surface area contributed by atoms with Crippen LogP contribution in [0.4, 0.5) is 4.39 Å². The van der Waals surface area contributed by atoms with E-state index in [1.54, 1.807) is 19.1 Å². The summed E-state index contributed by atoms with van der Waals surface area (Å²) in [7, 11) is 0. The number of hydrogen-bond donors (Lipinski definition) is 1. The number of aliphatic hydroxyl groups excluding tert-OH is 1. The minimum Gasteiger partial charge on any atom is -0.388 e. The van der Waals surface area contributed by atoms with Crippen molar-refractivity contribution in [3.05, 3.63) is 47.8 Å². The van der Waals surface area contributed by atoms with Crippen molar-refractivity contribution >= 4 is 0 Å². The molecule has 2 heteroatoms. The zero-order valence-corrected chi connectivity index (χ0v) is 7.63. The van der Waals surface area contributed by atoms with Crippen LogP contribution in [0.15, 0.2) is 30.9 Å². The zero-order valence-electron chi connectivity index (χ0n) is 7.63. The molecule has 0 aliphatic carbocycles. The normalized spacial score (nSPS) is 12.5. The summed E-state index contributed by atoms with van der Waals surface area (Å²) >= 11 is 0. The van der Waals surface area contributed by atoms with E-state index in [9.17, 15) is 9.50 Å². The van der Waals surface area contributed by atoms with Crippen LogP contribution in [0, 0.1) is 12.7 Å². The molecule has 0 saturated heterocycles. The standard InChI is InChI=1S/C11H13FO/c1-3-4-11(13)10-6-5-9(12)7-8(10)2/h3,5-7,11,13H,1,4H2,2H3/t11-/m0/s1. The van der Waals surface area contributed by atoms with Gasteiger partial charge in [0.1, 0.15) is 5.82 Å². The van der Waals surface area contributed by atoms with Gasteiger partial charge in [-0.3, -0.25) is 0 Å². The summed E-state index contributed by atoms with van der Waals surface area (Å²) in [6.07, 6.45) is 1.57. The lowest BCUT2D eigenvalue weighted by atomic mass is 10.0. The summed E-state index contributed by atoms with van der Waals surface area (Å²) in [6.45, 7) is 5.32. The lowest BCUT2D eigenvalue weighted by Crippen LogP contribution is -1.98. The number of aryl methyl sites for hydroxylation is 1. The highest BCUT2D eigenvalue weighted by molar-refractivity contribution is 5.28. The van der Waals surface area contributed by atoms with Gasteiger partial charge in [0.15, 0.2) is 0 Å². The molecule has 70 valence electrons. The average Bonchev–Trinajstić information content (AvgIpc) is 2.04. The maximum Gasteiger partial charge on any atom is 0.123 e. The predicted octanol–water partition coefficient (Wildman–Crippen LogP) is 2.74. The molecular formula is C11H13FO. The Morgan fingerprint density at radius 1 is 1.62 bits per heavy atom. The van der Waals surface area contributed by atoms with Crippen LogP contribution >= 0.6 is 0 Å². The first kappa shape index (κ1) is 9.93. The Morgan fingerprint density at radius 2 is 2.31 bits per heavy atom. The first-order valence-electron chi connectivity index (χ1n) is 4.20. The molecule has 0 amide bonds. The van der Waals surface area contributed by atoms with Crippen molar-refractivity contribution < 1.29 is 9.50 Å². The fraction of sp³-hybridized carbons (Fsp3) is 0.273. The van der Waals surface area contributed by atoms with Gasteiger partial charge in [0.2, 0.25) is 0 Å². The number of hydrogen-bond acceptors (Lipinski definition) is 1. The fourth-order valence-electron chi connectivity index (χ4n) is 1.30. The van der Waals surface area contributed by atoms with E-state index in [0.29, 0.717) is 6.42 Å². The molecular weight excluding hydrogens is 167 g/mol. The maximum atomic E-state index is 12.7. The van der Waals surface area contributed by atoms with Crippen molar-refractivity contribution in [2.75, 3.05) is 0 Å². The van der Waals surface area contributed by atoms with Gasteiger partial charge in [0.25, 0.3) is 0 Å². The smallest absolute Gasteiger partial charge is 0.123 e. The molecule has 0 aliphatic rings. The summed E-state index contributed by atoms with van der Waals surface area (Å²) in [5, 5.41) is 9.60. The Kier molecular flexibility index (Phi) is 3.20. The van der Waals surface area contributed by atoms with E-state index in [1.807, 2.05) is 0 Å². The Labute approximate surface area is 77.5 Å². The third-order valence-corrected chi connectivity index (χ3v) is 1.98. The second-order valence-corrected chi connectivity index (χ2v) is 3.04. The SMILES string of the molecule is C=CC[C@H](O)c1ccc(F)cc1C. The van der Waals surface area contributed by atoms with E-state index in [-0.39, 0.29) is 5.82 Å². The Balaban J connectivity index is 2.94. The molecule has 1 N–H and O–H groups in total. The average molecular weight is 180 g/mol. The first-order chi connectivity index (χ1) is 6.15. The van der Waals surface area contributed by atoms with Gasteiger partial charge in [-0.2, -0.15) is 0 Å². The van der Waals surface area contributed by atoms with E-state index >= 15 is 0 Å². The first-order valence-corrected chi connectivity index (χ1v) is 4.20. The lowest BCUT2D eigenvalue weighted by molar-refractivity contribution is 0.181. The fourth-order valence-corrected chi connectivity index (χ4v) is 1.30. The molecule has 0 fully saturated rings. The van der Waals surface area contributed by atoms with Crippen LogP contribution in [-0.2, 0) is 0 Å². The monoisotopic (exact) mass is 180 g/mol. The molecule has 0 saturated carbocycles. The molecule has 0 heterocycles. The maximum absolute atomic E-state index is 12.7. The molecule has 0 radical (unpaired) electrons. The van der Waals surface area contributed by atoms with E-state index < -0.39 is 6.10 Å². The third-order valence-electron chi connectivity index (χ3n) is 1.98. The molecule has 0 spiro atoms. The van der Waals surface area contributed by atoms with Gasteiger partial charge in [-0.1, -0.05) is 12.1 Å². The Hall–Kier alpha value is -1.15. The highest BCUT2D eigenvalue weighted by atomic mass is 19.1. The van der Waals surface area contributed by atoms with Gasteiger partial charge in [0, 0.05) is 0 Å². The summed E-state index contributed by atoms with van der Waals surface area (Å²) in [4.78, 5) is 0. The Bertz CT molecular complexity index is 307. The van der Waals surface area contributed by atoms with Crippen molar-refractivity contribution in [1.29, 1.82) is 0 Å². The molecule has 1 atom stereocenters. The van der Waals surface area contributed by atoms with Gasteiger partial charge in [-0.05, 0) is 36.6 Å². The van der Waals surface area contributed by atoms with Crippen molar-refractivity contribution in [2.24, 2.45) is 0 Å². The van der Waals surface area contributed by atoms with Crippen LogP contribution in [0.2, 0.25) is 0 Å². The van der Waals surface area contributed by atoms with E-state index in [0.717, 1.165) is 11.1 Å². The summed E-state index contributed by atoms with van der Waals surface area (Å²) in [5.74, 6) is -0.271. The van der Waals surface area contributed by atoms with E-state index in [1.165, 1.54) is 12.1 Å². The molecule has 0 bridgehead atoms. The van der Waals surface area contributed by atoms with Crippen LogP contribution in [0.1, 0.15) is 23.7 Å². The van der Waals surface area contributed by atoms with Gasteiger partial charge in [0.05, 0.1) is 6.10 Å². The van der Waals surface area contributed by atoms with Crippen molar-refractivity contribution in [3.63, 3.8) is 0 Å². The highest BCUT2D eigenvalue weighted by Gasteiger charge is 2.08. The minimum atomic E-state index is -0.571. The topological polar surface area (TPSA) is 20.2 Å². The largest absolute Gasteiger partial charge is 0.388 e. The molecule has 1 aromatic carbocycles. The molecule has 0 unspecified atom stereocenters. The molecule has 1 nitrogen and oxygen atoms in total. The summed E-state index contributed by atoms with van der Waals surface area (Å²) in [6, 6.07) is 4.38. The summed E-state index contributed by atoms with van der Waals surface area (Å²) in [5.41, 5.74) is 1.54. The van der Waals surface area contributed by atoms with Gasteiger partial charge >= 0.3 is 0 Å². The van der Waals surface area contributed by atoms with Crippen molar-refractivity contribution in [1.82, 2.24) is 0 Å². The van der Waals surface area contributed by atoms with Gasteiger partial charge < -0.3 is 5.11 Å². The predicted molar refractivity (Wildman–Crippen MR) is 50.9 cm³/mol. The third kappa shape index (κ3) is 2.39. The second-order valence-electron chi connectivity index (χ2n) is 3.04. The Morgan fingerprint density at radius 3 is 2.85 bits per heavy atom. The lowest BCUT2D eigenvalue weighted by Gasteiger charge is -2.11. The number of benzene rings is 1.